The molecule has 0 aliphatic carbocycles. The van der Waals surface area contributed by atoms with E-state index in [-0.39, 0.29) is 12.0 Å². The van der Waals surface area contributed by atoms with Gasteiger partial charge in [0.25, 0.3) is 5.65 Å². The molecule has 2 heterocycles. The number of pyridine rings is 2. The van der Waals surface area contributed by atoms with Crippen LogP contribution in [0.25, 0.3) is 23.2 Å². The average Bonchev–Trinajstić information content (AvgIpc) is 2.51. The van der Waals surface area contributed by atoms with E-state index >= 15 is 0 Å². The first kappa shape index (κ1) is 17.4. The zero-order chi connectivity index (χ0) is 16.9. The van der Waals surface area contributed by atoms with Crippen molar-refractivity contribution in [3.63, 3.8) is 0 Å². The predicted octanol–water partition coefficient (Wildman–Crippen LogP) is 2.22. The lowest BCUT2D eigenvalue weighted by molar-refractivity contribution is -0.647. The quantitative estimate of drug-likeness (QED) is 0.881. The summed E-state index contributed by atoms with van der Waals surface area (Å²) < 4.78 is 3.28. The highest BCUT2D eigenvalue weighted by Crippen LogP contribution is 2.15. The third-order valence-corrected chi connectivity index (χ3v) is 3.15. The number of carboxylic acid groups (broad SMARTS) is 1. The van der Waals surface area contributed by atoms with Crippen molar-refractivity contribution < 1.29 is 14.5 Å². The summed E-state index contributed by atoms with van der Waals surface area (Å²) in [6, 6.07) is 3.42. The summed E-state index contributed by atoms with van der Waals surface area (Å²) in [7, 11) is 1.76. The number of rotatable bonds is 4. The Labute approximate surface area is 129 Å². The number of carbonyl (C=O) groups is 1. The molecule has 0 aliphatic rings. The van der Waals surface area contributed by atoms with Gasteiger partial charge in [0.1, 0.15) is 11.1 Å². The van der Waals surface area contributed by atoms with Crippen LogP contribution in [-0.2, 0) is 18.4 Å². The Kier molecular flexibility index (Phi) is 5.81. The van der Waals surface area contributed by atoms with Crippen LogP contribution in [0.15, 0.2) is 36.3 Å². The zero-order valence-corrected chi connectivity index (χ0v) is 13.2. The van der Waals surface area contributed by atoms with Crippen molar-refractivity contribution in [3.8, 4) is 0 Å². The number of aromatic nitrogens is 2. The molecular weight excluding hydrogens is 280 g/mol. The van der Waals surface area contributed by atoms with E-state index in [0.29, 0.717) is 22.3 Å². The van der Waals surface area contributed by atoms with E-state index in [9.17, 15) is 9.59 Å². The van der Waals surface area contributed by atoms with E-state index in [4.69, 9.17) is 5.11 Å². The molecule has 1 N–H and O–H groups in total. The van der Waals surface area contributed by atoms with E-state index in [2.05, 4.69) is 13.2 Å². The molecule has 0 radical (unpaired) electrons. The van der Waals surface area contributed by atoms with Crippen LogP contribution >= 0.6 is 0 Å². The van der Waals surface area contributed by atoms with Crippen molar-refractivity contribution in [2.24, 2.45) is 7.05 Å². The van der Waals surface area contributed by atoms with Crippen LogP contribution in [0.2, 0.25) is 0 Å². The Morgan fingerprint density at radius 3 is 2.50 bits per heavy atom. The topological polar surface area (TPSA) is 63.2 Å². The van der Waals surface area contributed by atoms with Crippen molar-refractivity contribution in [2.45, 2.75) is 20.4 Å². The number of aryl methyl sites for hydroxylation is 1. The van der Waals surface area contributed by atoms with Gasteiger partial charge in [0, 0.05) is 0 Å². The van der Waals surface area contributed by atoms with Crippen LogP contribution in [0.4, 0.5) is 0 Å². The second kappa shape index (κ2) is 7.36. The molecule has 0 aromatic carbocycles. The van der Waals surface area contributed by atoms with Gasteiger partial charge < -0.3 is 5.11 Å². The van der Waals surface area contributed by atoms with E-state index in [1.165, 1.54) is 12.2 Å². The molecule has 0 atom stereocenters. The molecule has 0 saturated carbocycles. The molecule has 2 aromatic heterocycles. The molecule has 2 aromatic rings. The normalized spacial score (nSPS) is 9.77. The molecule has 0 unspecified atom stereocenters. The second-order valence-corrected chi connectivity index (χ2v) is 4.37. The summed E-state index contributed by atoms with van der Waals surface area (Å²) in [5.41, 5.74) is 1.18. The molecule has 0 aliphatic heterocycles. The first-order valence-electron chi connectivity index (χ1n) is 7.03. The van der Waals surface area contributed by atoms with E-state index in [1.54, 1.807) is 34.5 Å². The van der Waals surface area contributed by atoms with Crippen LogP contribution in [0, 0.1) is 0 Å². The minimum atomic E-state index is -0.989. The van der Waals surface area contributed by atoms with E-state index in [1.807, 2.05) is 13.8 Å². The van der Waals surface area contributed by atoms with Gasteiger partial charge in [-0.05, 0) is 18.2 Å². The highest BCUT2D eigenvalue weighted by Gasteiger charge is 2.22. The van der Waals surface area contributed by atoms with Crippen LogP contribution < -0.4 is 10.00 Å². The molecule has 2 rings (SSSR count). The van der Waals surface area contributed by atoms with Crippen LogP contribution in [0.3, 0.4) is 0 Å². The standard InChI is InChI=1S/C15H14N2O3.C2H6/c1-4-10-12(5-2)17(9-13(18)19)15-11(14(10)20)7-6-8-16(15)3;1-2/h4-8H,1-2,9H2,3H3;1-2H3/p+1. The largest absolute Gasteiger partial charge is 0.478 e. The number of hydrogen-bond acceptors (Lipinski definition) is 2. The molecule has 5 nitrogen and oxygen atoms in total. The zero-order valence-electron chi connectivity index (χ0n) is 13.2. The lowest BCUT2D eigenvalue weighted by Gasteiger charge is -2.10. The van der Waals surface area contributed by atoms with E-state index < -0.39 is 5.97 Å². The van der Waals surface area contributed by atoms with Crippen molar-refractivity contribution in [2.75, 3.05) is 0 Å². The maximum absolute atomic E-state index is 12.4. The fraction of sp³-hybridized carbons (Fsp3) is 0.235. The van der Waals surface area contributed by atoms with Gasteiger partial charge in [-0.25, -0.2) is 13.9 Å². The van der Waals surface area contributed by atoms with Crippen molar-refractivity contribution in [1.82, 2.24) is 4.57 Å². The first-order chi connectivity index (χ1) is 10.5. The number of fused-ring (bicyclic) bond motifs is 1. The summed E-state index contributed by atoms with van der Waals surface area (Å²) in [5.74, 6) is -0.989. The Morgan fingerprint density at radius 2 is 2.00 bits per heavy atom. The maximum atomic E-state index is 12.4. The lowest BCUT2D eigenvalue weighted by atomic mass is 10.1. The molecule has 0 fully saturated rings. The SMILES string of the molecule is C=Cc1c(C=C)n(CC(=O)O)c2c(ccc[n+]2C)c1=O.CC. The van der Waals surface area contributed by atoms with Crippen LogP contribution in [-0.4, -0.2) is 15.6 Å². The Morgan fingerprint density at radius 1 is 1.36 bits per heavy atom. The third kappa shape index (κ3) is 2.98. The molecule has 0 spiro atoms. The van der Waals surface area contributed by atoms with Gasteiger partial charge in [-0.2, -0.15) is 0 Å². The van der Waals surface area contributed by atoms with Gasteiger partial charge in [-0.1, -0.05) is 33.1 Å². The molecule has 22 heavy (non-hydrogen) atoms. The van der Waals surface area contributed by atoms with Gasteiger partial charge in [0.15, 0.2) is 6.54 Å². The lowest BCUT2D eigenvalue weighted by Crippen LogP contribution is -2.35. The van der Waals surface area contributed by atoms with Gasteiger partial charge >= 0.3 is 5.97 Å². The second-order valence-electron chi connectivity index (χ2n) is 4.37. The smallest absolute Gasteiger partial charge is 0.346 e. The van der Waals surface area contributed by atoms with Gasteiger partial charge in [0.05, 0.1) is 18.8 Å². The molecule has 116 valence electrons. The summed E-state index contributed by atoms with van der Waals surface area (Å²) in [6.07, 6.45) is 4.68. The summed E-state index contributed by atoms with van der Waals surface area (Å²) in [4.78, 5) is 23.5. The third-order valence-electron chi connectivity index (χ3n) is 3.15. The summed E-state index contributed by atoms with van der Waals surface area (Å²) in [6.45, 7) is 11.1. The minimum Gasteiger partial charge on any atom is -0.478 e. The summed E-state index contributed by atoms with van der Waals surface area (Å²) in [5, 5.41) is 9.56. The number of hydrogen-bond donors (Lipinski definition) is 1. The van der Waals surface area contributed by atoms with Gasteiger partial charge in [-0.15, -0.1) is 0 Å². The summed E-state index contributed by atoms with van der Waals surface area (Å²) >= 11 is 0. The van der Waals surface area contributed by atoms with Crippen molar-refractivity contribution >= 4 is 29.2 Å². The van der Waals surface area contributed by atoms with Crippen molar-refractivity contribution in [3.05, 3.63) is 53.0 Å². The predicted molar refractivity (Wildman–Crippen MR) is 88.5 cm³/mol. The highest BCUT2D eigenvalue weighted by molar-refractivity contribution is 5.81. The fourth-order valence-corrected chi connectivity index (χ4v) is 2.35. The van der Waals surface area contributed by atoms with E-state index in [0.717, 1.165) is 0 Å². The maximum Gasteiger partial charge on any atom is 0.346 e. The monoisotopic (exact) mass is 301 g/mol. The molecule has 0 amide bonds. The molecular formula is C17H21N2O3+. The van der Waals surface area contributed by atoms with Crippen LogP contribution in [0.1, 0.15) is 25.1 Å². The molecule has 0 bridgehead atoms. The first-order valence-corrected chi connectivity index (χ1v) is 7.03. The molecule has 5 heteroatoms. The fourth-order valence-electron chi connectivity index (χ4n) is 2.35. The molecule has 0 saturated heterocycles. The van der Waals surface area contributed by atoms with Crippen molar-refractivity contribution in [1.29, 1.82) is 0 Å². The highest BCUT2D eigenvalue weighted by atomic mass is 16.4. The van der Waals surface area contributed by atoms with Crippen LogP contribution in [0.5, 0.6) is 0 Å². The Bertz CT molecular complexity index is 789. The number of aliphatic carboxylic acids is 1. The van der Waals surface area contributed by atoms with Gasteiger partial charge in [0.2, 0.25) is 5.43 Å². The number of carboxylic acids is 1. The average molecular weight is 301 g/mol. The number of nitrogens with zero attached hydrogens (tertiary/aromatic N) is 2. The Hall–Kier alpha value is -2.69. The minimum absolute atomic E-state index is 0.178. The Balaban J connectivity index is 0.00000116. The van der Waals surface area contributed by atoms with Gasteiger partial charge in [-0.3, -0.25) is 4.79 Å².